The van der Waals surface area contributed by atoms with E-state index in [-0.39, 0.29) is 5.02 Å². The highest BCUT2D eigenvalue weighted by Gasteiger charge is 2.17. The van der Waals surface area contributed by atoms with Crippen LogP contribution in [0.2, 0.25) is 5.02 Å². The van der Waals surface area contributed by atoms with E-state index in [0.29, 0.717) is 18.5 Å². The van der Waals surface area contributed by atoms with Crippen LogP contribution < -0.4 is 0 Å². The Kier molecular flexibility index (Phi) is 4.56. The summed E-state index contributed by atoms with van der Waals surface area (Å²) >= 11 is 5.64. The summed E-state index contributed by atoms with van der Waals surface area (Å²) in [7, 11) is 0. The van der Waals surface area contributed by atoms with Crippen LogP contribution in [0.5, 0.6) is 0 Å². The molecule has 0 radical (unpaired) electrons. The smallest absolute Gasteiger partial charge is 0.293 e. The Hall–Kier alpha value is -1.09. The van der Waals surface area contributed by atoms with Gasteiger partial charge in [0.1, 0.15) is 11.9 Å². The van der Waals surface area contributed by atoms with Crippen molar-refractivity contribution in [3.05, 3.63) is 34.6 Å². The predicted octanol–water partition coefficient (Wildman–Crippen LogP) is 3.49. The molecule has 0 amide bonds. The van der Waals surface area contributed by atoms with Gasteiger partial charge in [-0.15, -0.1) is 0 Å². The highest BCUT2D eigenvalue weighted by molar-refractivity contribution is 6.30. The molecule has 0 bridgehead atoms. The molecule has 0 aliphatic carbocycles. The van der Waals surface area contributed by atoms with Crippen molar-refractivity contribution >= 4 is 18.1 Å². The van der Waals surface area contributed by atoms with E-state index >= 15 is 0 Å². The maximum Gasteiger partial charge on any atom is 0.293 e. The second kappa shape index (κ2) is 5.71. The molecule has 0 aromatic heterocycles. The number of carbonyl (C=O) groups is 1. The van der Waals surface area contributed by atoms with Crippen LogP contribution in [0.15, 0.2) is 18.2 Å². The van der Waals surface area contributed by atoms with E-state index in [4.69, 9.17) is 16.3 Å². The van der Waals surface area contributed by atoms with Gasteiger partial charge in [0.2, 0.25) is 0 Å². The van der Waals surface area contributed by atoms with Gasteiger partial charge < -0.3 is 4.74 Å². The zero-order valence-corrected chi connectivity index (χ0v) is 9.13. The number of carbonyl (C=O) groups excluding carboxylic acids is 1. The van der Waals surface area contributed by atoms with Gasteiger partial charge in [0.15, 0.2) is 0 Å². The molecule has 0 N–H and O–H groups in total. The van der Waals surface area contributed by atoms with Gasteiger partial charge in [-0.25, -0.2) is 4.39 Å². The summed E-state index contributed by atoms with van der Waals surface area (Å²) in [6.45, 7) is 2.27. The van der Waals surface area contributed by atoms with Crippen LogP contribution in [-0.4, -0.2) is 6.47 Å². The second-order valence-electron chi connectivity index (χ2n) is 3.15. The summed E-state index contributed by atoms with van der Waals surface area (Å²) < 4.78 is 18.4. The number of ether oxygens (including phenoxy) is 1. The molecular weight excluding hydrogens is 219 g/mol. The van der Waals surface area contributed by atoms with Crippen molar-refractivity contribution in [3.63, 3.8) is 0 Å². The van der Waals surface area contributed by atoms with Crippen molar-refractivity contribution in [1.82, 2.24) is 0 Å². The Bertz CT molecular complexity index is 341. The number of hydrogen-bond donors (Lipinski definition) is 0. The van der Waals surface area contributed by atoms with Crippen LogP contribution in [-0.2, 0) is 9.53 Å². The number of rotatable bonds is 5. The molecule has 1 aromatic rings. The quantitative estimate of drug-likeness (QED) is 0.724. The highest BCUT2D eigenvalue weighted by atomic mass is 35.5. The molecule has 1 aromatic carbocycles. The lowest BCUT2D eigenvalue weighted by Gasteiger charge is -2.15. The Morgan fingerprint density at radius 2 is 2.33 bits per heavy atom. The van der Waals surface area contributed by atoms with E-state index in [1.807, 2.05) is 6.92 Å². The standard InChI is InChI=1S/C11H12ClFO2/c1-2-4-10(15-7-14)8-5-3-6-9(12)11(8)13/h3,5-7,10H,2,4H2,1H3. The lowest BCUT2D eigenvalue weighted by molar-refractivity contribution is -0.134. The fraction of sp³-hybridized carbons (Fsp3) is 0.364. The molecule has 0 aliphatic heterocycles. The predicted molar refractivity (Wildman–Crippen MR) is 56.2 cm³/mol. The van der Waals surface area contributed by atoms with Gasteiger partial charge in [0, 0.05) is 5.56 Å². The molecule has 1 unspecified atom stereocenters. The summed E-state index contributed by atoms with van der Waals surface area (Å²) in [6, 6.07) is 4.67. The normalized spacial score (nSPS) is 12.2. The second-order valence-corrected chi connectivity index (χ2v) is 3.56. The topological polar surface area (TPSA) is 26.3 Å². The number of benzene rings is 1. The molecule has 0 saturated carbocycles. The lowest BCUT2D eigenvalue weighted by Crippen LogP contribution is -2.05. The molecule has 1 rings (SSSR count). The minimum atomic E-state index is -0.550. The monoisotopic (exact) mass is 230 g/mol. The van der Waals surface area contributed by atoms with Crippen molar-refractivity contribution in [1.29, 1.82) is 0 Å². The maximum atomic E-state index is 13.6. The Labute approximate surface area is 93.0 Å². The average molecular weight is 231 g/mol. The first-order valence-electron chi connectivity index (χ1n) is 4.73. The molecule has 0 heterocycles. The van der Waals surface area contributed by atoms with Crippen molar-refractivity contribution in [2.75, 3.05) is 0 Å². The summed E-state index contributed by atoms with van der Waals surface area (Å²) in [5.74, 6) is -0.514. The first kappa shape index (κ1) is 12.0. The molecule has 0 fully saturated rings. The lowest BCUT2D eigenvalue weighted by atomic mass is 10.0. The molecular formula is C11H12ClFO2. The van der Waals surface area contributed by atoms with Crippen molar-refractivity contribution in [2.24, 2.45) is 0 Å². The largest absolute Gasteiger partial charge is 0.460 e. The Morgan fingerprint density at radius 3 is 2.93 bits per heavy atom. The average Bonchev–Trinajstić information content (AvgIpc) is 2.22. The van der Waals surface area contributed by atoms with Crippen molar-refractivity contribution in [2.45, 2.75) is 25.9 Å². The first-order valence-corrected chi connectivity index (χ1v) is 5.11. The third-order valence-electron chi connectivity index (χ3n) is 2.10. The minimum absolute atomic E-state index is 0.0445. The van der Waals surface area contributed by atoms with Gasteiger partial charge >= 0.3 is 0 Å². The van der Waals surface area contributed by atoms with E-state index in [0.717, 1.165) is 6.42 Å². The maximum absolute atomic E-state index is 13.6. The summed E-state index contributed by atoms with van der Waals surface area (Å²) in [6.07, 6.45) is 0.826. The molecule has 0 aliphatic rings. The van der Waals surface area contributed by atoms with Gasteiger partial charge in [-0.1, -0.05) is 37.1 Å². The summed E-state index contributed by atoms with van der Waals surface area (Å²) in [5.41, 5.74) is 0.330. The number of hydrogen-bond acceptors (Lipinski definition) is 2. The SMILES string of the molecule is CCCC(OC=O)c1cccc(Cl)c1F. The van der Waals surface area contributed by atoms with Crippen molar-refractivity contribution in [3.8, 4) is 0 Å². The van der Waals surface area contributed by atoms with Gasteiger partial charge in [-0.2, -0.15) is 0 Å². The number of halogens is 2. The third-order valence-corrected chi connectivity index (χ3v) is 2.39. The van der Waals surface area contributed by atoms with Gasteiger partial charge in [0.25, 0.3) is 6.47 Å². The first-order chi connectivity index (χ1) is 7.20. The van der Waals surface area contributed by atoms with E-state index in [1.165, 1.54) is 6.07 Å². The molecule has 4 heteroatoms. The van der Waals surface area contributed by atoms with E-state index in [9.17, 15) is 9.18 Å². The van der Waals surface area contributed by atoms with Crippen LogP contribution in [0.4, 0.5) is 4.39 Å². The molecule has 15 heavy (non-hydrogen) atoms. The molecule has 0 saturated heterocycles. The van der Waals surface area contributed by atoms with Crippen LogP contribution in [0.3, 0.4) is 0 Å². The molecule has 82 valence electrons. The van der Waals surface area contributed by atoms with Crippen LogP contribution in [0.25, 0.3) is 0 Å². The summed E-state index contributed by atoms with van der Waals surface area (Å²) in [4.78, 5) is 10.3. The van der Waals surface area contributed by atoms with Crippen molar-refractivity contribution < 1.29 is 13.9 Å². The van der Waals surface area contributed by atoms with Crippen LogP contribution in [0, 0.1) is 5.82 Å². The third kappa shape index (κ3) is 2.93. The van der Waals surface area contributed by atoms with Gasteiger partial charge in [-0.3, -0.25) is 4.79 Å². The van der Waals surface area contributed by atoms with Gasteiger partial charge in [0.05, 0.1) is 5.02 Å². The zero-order chi connectivity index (χ0) is 11.3. The Balaban J connectivity index is 2.99. The fourth-order valence-corrected chi connectivity index (χ4v) is 1.58. The zero-order valence-electron chi connectivity index (χ0n) is 8.37. The van der Waals surface area contributed by atoms with E-state index in [1.54, 1.807) is 12.1 Å². The minimum Gasteiger partial charge on any atom is -0.460 e. The molecule has 0 spiro atoms. The van der Waals surface area contributed by atoms with Gasteiger partial charge in [-0.05, 0) is 12.5 Å². The summed E-state index contributed by atoms with van der Waals surface area (Å²) in [5, 5.41) is 0.0445. The van der Waals surface area contributed by atoms with E-state index < -0.39 is 11.9 Å². The highest BCUT2D eigenvalue weighted by Crippen LogP contribution is 2.28. The van der Waals surface area contributed by atoms with E-state index in [2.05, 4.69) is 0 Å². The molecule has 1 atom stereocenters. The van der Waals surface area contributed by atoms with Crippen LogP contribution >= 0.6 is 11.6 Å². The Morgan fingerprint density at radius 1 is 1.60 bits per heavy atom. The van der Waals surface area contributed by atoms with Crippen LogP contribution in [0.1, 0.15) is 31.4 Å². The molecule has 2 nitrogen and oxygen atoms in total. The fourth-order valence-electron chi connectivity index (χ4n) is 1.40.